The number of aryl methyl sites for hydroxylation is 2. The molecule has 0 atom stereocenters. The van der Waals surface area contributed by atoms with Crippen LogP contribution < -0.4 is 10.7 Å². The highest BCUT2D eigenvalue weighted by Gasteiger charge is 2.26. The van der Waals surface area contributed by atoms with Gasteiger partial charge in [0.2, 0.25) is 10.0 Å². The Morgan fingerprint density at radius 3 is 2.27 bits per heavy atom. The van der Waals surface area contributed by atoms with Gasteiger partial charge in [-0.2, -0.15) is 9.41 Å². The number of hydrogen-bond donors (Lipinski definition) is 2. The molecule has 0 saturated carbocycles. The maximum Gasteiger partial charge on any atom is 0.329 e. The standard InChI is InChI=1S/C29H29N5O5S/c1-21-6-10-23(11-7-21)19-34(40(37,38)27-14-8-22(2)9-15-27)20-26-13-12-25(39-26)18-32-33-29(36)28(35)31-17-24-5-3-4-16-30-24/h3-16,18H,17,19-20H2,1-2H3,(H,31,35)(H,33,36)/b32-18+. The zero-order chi connectivity index (χ0) is 28.5. The van der Waals surface area contributed by atoms with Gasteiger partial charge in [-0.1, -0.05) is 53.6 Å². The average molecular weight is 560 g/mol. The summed E-state index contributed by atoms with van der Waals surface area (Å²) in [7, 11) is -3.84. The van der Waals surface area contributed by atoms with E-state index in [1.807, 2.05) is 38.1 Å². The van der Waals surface area contributed by atoms with Crippen molar-refractivity contribution in [2.45, 2.75) is 38.4 Å². The summed E-state index contributed by atoms with van der Waals surface area (Å²) in [5.74, 6) is -1.17. The second-order valence-corrected chi connectivity index (χ2v) is 11.0. The van der Waals surface area contributed by atoms with Gasteiger partial charge in [-0.3, -0.25) is 14.6 Å². The second kappa shape index (κ2) is 13.0. The molecule has 0 fully saturated rings. The molecular formula is C29H29N5O5S. The summed E-state index contributed by atoms with van der Waals surface area (Å²) < 4.78 is 34.2. The number of benzene rings is 2. The minimum atomic E-state index is -3.84. The predicted octanol–water partition coefficient (Wildman–Crippen LogP) is 3.45. The number of hydrogen-bond acceptors (Lipinski definition) is 7. The van der Waals surface area contributed by atoms with Crippen LogP contribution in [0.5, 0.6) is 0 Å². The van der Waals surface area contributed by atoms with Crippen molar-refractivity contribution in [2.75, 3.05) is 0 Å². The number of nitrogens with zero attached hydrogens (tertiary/aromatic N) is 3. The molecule has 4 aromatic rings. The van der Waals surface area contributed by atoms with Crippen molar-refractivity contribution in [3.8, 4) is 0 Å². The molecule has 0 spiro atoms. The number of nitrogens with one attached hydrogen (secondary N) is 2. The molecule has 10 nitrogen and oxygen atoms in total. The van der Waals surface area contributed by atoms with Gasteiger partial charge in [0.1, 0.15) is 11.5 Å². The van der Waals surface area contributed by atoms with Crippen LogP contribution in [0.1, 0.15) is 33.9 Å². The first kappa shape index (κ1) is 28.4. The third kappa shape index (κ3) is 7.71. The Labute approximate surface area is 232 Å². The first-order valence-corrected chi connectivity index (χ1v) is 13.9. The first-order valence-electron chi connectivity index (χ1n) is 12.4. The number of furan rings is 1. The number of aromatic nitrogens is 1. The third-order valence-electron chi connectivity index (χ3n) is 5.87. The quantitative estimate of drug-likeness (QED) is 0.174. The number of amides is 2. The third-order valence-corrected chi connectivity index (χ3v) is 7.68. The van der Waals surface area contributed by atoms with Crippen LogP contribution in [0.15, 0.2) is 99.5 Å². The van der Waals surface area contributed by atoms with E-state index < -0.39 is 21.8 Å². The van der Waals surface area contributed by atoms with Gasteiger partial charge in [-0.05, 0) is 55.8 Å². The molecule has 0 aliphatic heterocycles. The van der Waals surface area contributed by atoms with Crippen molar-refractivity contribution in [3.63, 3.8) is 0 Å². The molecule has 0 bridgehead atoms. The molecule has 2 heterocycles. The molecule has 2 aromatic carbocycles. The molecule has 2 amide bonds. The largest absolute Gasteiger partial charge is 0.459 e. The van der Waals surface area contributed by atoms with Gasteiger partial charge >= 0.3 is 11.8 Å². The molecule has 0 aliphatic carbocycles. The van der Waals surface area contributed by atoms with Crippen molar-refractivity contribution < 1.29 is 22.4 Å². The average Bonchev–Trinajstić information content (AvgIpc) is 3.40. The van der Waals surface area contributed by atoms with E-state index in [1.54, 1.807) is 60.8 Å². The Bertz CT molecular complexity index is 1580. The molecular weight excluding hydrogens is 530 g/mol. The van der Waals surface area contributed by atoms with Crippen LogP contribution in [0.4, 0.5) is 0 Å². The number of rotatable bonds is 10. The molecule has 206 valence electrons. The van der Waals surface area contributed by atoms with E-state index >= 15 is 0 Å². The van der Waals surface area contributed by atoms with Crippen LogP contribution in [0.3, 0.4) is 0 Å². The lowest BCUT2D eigenvalue weighted by Crippen LogP contribution is -2.37. The fourth-order valence-electron chi connectivity index (χ4n) is 3.66. The predicted molar refractivity (Wildman–Crippen MR) is 149 cm³/mol. The van der Waals surface area contributed by atoms with Crippen LogP contribution in [0, 0.1) is 13.8 Å². The first-order chi connectivity index (χ1) is 19.2. The summed E-state index contributed by atoms with van der Waals surface area (Å²) in [6.07, 6.45) is 2.81. The number of hydrazone groups is 1. The lowest BCUT2D eigenvalue weighted by atomic mass is 10.1. The molecule has 40 heavy (non-hydrogen) atoms. The van der Waals surface area contributed by atoms with Gasteiger partial charge < -0.3 is 9.73 Å². The molecule has 11 heteroatoms. The van der Waals surface area contributed by atoms with Crippen LogP contribution in [-0.4, -0.2) is 35.7 Å². The topological polar surface area (TPSA) is 134 Å². The molecule has 0 unspecified atom stereocenters. The van der Waals surface area contributed by atoms with Gasteiger partial charge in [0.15, 0.2) is 0 Å². The Hall–Kier alpha value is -4.61. The second-order valence-electron chi connectivity index (χ2n) is 9.08. The smallest absolute Gasteiger partial charge is 0.329 e. The van der Waals surface area contributed by atoms with Gasteiger partial charge in [0.05, 0.1) is 29.9 Å². The Morgan fingerprint density at radius 2 is 1.60 bits per heavy atom. The van der Waals surface area contributed by atoms with E-state index in [2.05, 4.69) is 20.8 Å². The maximum absolute atomic E-state index is 13.5. The monoisotopic (exact) mass is 559 g/mol. The van der Waals surface area contributed by atoms with Crippen molar-refractivity contribution in [1.82, 2.24) is 20.0 Å². The summed E-state index contributed by atoms with van der Waals surface area (Å²) in [6, 6.07) is 22.8. The number of sulfonamides is 1. The van der Waals surface area contributed by atoms with Crippen LogP contribution in [0.2, 0.25) is 0 Å². The lowest BCUT2D eigenvalue weighted by Gasteiger charge is -2.21. The maximum atomic E-state index is 13.5. The SMILES string of the molecule is Cc1ccc(CN(Cc2ccc(/C=N/NC(=O)C(=O)NCc3ccccn3)o2)S(=O)(=O)c2ccc(C)cc2)cc1. The Kier molecular flexibility index (Phi) is 9.20. The van der Waals surface area contributed by atoms with E-state index in [-0.39, 0.29) is 30.3 Å². The van der Waals surface area contributed by atoms with Crippen LogP contribution in [0.25, 0.3) is 0 Å². The zero-order valence-electron chi connectivity index (χ0n) is 22.1. The molecule has 2 aromatic heterocycles. The van der Waals surface area contributed by atoms with Crippen LogP contribution in [-0.2, 0) is 39.2 Å². The van der Waals surface area contributed by atoms with E-state index in [0.717, 1.165) is 16.7 Å². The highest BCUT2D eigenvalue weighted by molar-refractivity contribution is 7.89. The summed E-state index contributed by atoms with van der Waals surface area (Å²) in [6.45, 7) is 4.07. The van der Waals surface area contributed by atoms with Gasteiger partial charge in [0.25, 0.3) is 0 Å². The normalized spacial score (nSPS) is 11.6. The Morgan fingerprint density at radius 1 is 0.900 bits per heavy atom. The highest BCUT2D eigenvalue weighted by Crippen LogP contribution is 2.22. The molecule has 0 radical (unpaired) electrons. The van der Waals surface area contributed by atoms with Gasteiger partial charge in [-0.25, -0.2) is 13.8 Å². The van der Waals surface area contributed by atoms with Crippen molar-refractivity contribution in [2.24, 2.45) is 5.10 Å². The summed E-state index contributed by atoms with van der Waals surface area (Å²) in [5, 5.41) is 6.22. The van der Waals surface area contributed by atoms with Gasteiger partial charge in [-0.15, -0.1) is 0 Å². The van der Waals surface area contributed by atoms with Crippen molar-refractivity contribution in [3.05, 3.63) is 119 Å². The summed E-state index contributed by atoms with van der Waals surface area (Å²) in [4.78, 5) is 28.2. The van der Waals surface area contributed by atoms with E-state index in [0.29, 0.717) is 11.5 Å². The number of pyridine rings is 1. The fraction of sp³-hybridized carbons (Fsp3) is 0.172. The van der Waals surface area contributed by atoms with E-state index in [1.165, 1.54) is 10.5 Å². The van der Waals surface area contributed by atoms with E-state index in [9.17, 15) is 18.0 Å². The minimum Gasteiger partial charge on any atom is -0.459 e. The molecule has 4 rings (SSSR count). The Balaban J connectivity index is 1.41. The fourth-order valence-corrected chi connectivity index (χ4v) is 5.06. The van der Waals surface area contributed by atoms with Crippen molar-refractivity contribution in [1.29, 1.82) is 0 Å². The molecule has 0 aliphatic rings. The molecule has 2 N–H and O–H groups in total. The summed E-state index contributed by atoms with van der Waals surface area (Å²) in [5.41, 5.74) is 5.60. The number of carbonyl (C=O) groups is 2. The minimum absolute atomic E-state index is 0.0276. The summed E-state index contributed by atoms with van der Waals surface area (Å²) >= 11 is 0. The van der Waals surface area contributed by atoms with Crippen LogP contribution >= 0.6 is 0 Å². The van der Waals surface area contributed by atoms with Gasteiger partial charge in [0, 0.05) is 12.7 Å². The molecule has 0 saturated heterocycles. The zero-order valence-corrected chi connectivity index (χ0v) is 22.9. The number of carbonyl (C=O) groups excluding carboxylic acids is 2. The van der Waals surface area contributed by atoms with E-state index in [4.69, 9.17) is 4.42 Å². The lowest BCUT2D eigenvalue weighted by molar-refractivity contribution is -0.139. The highest BCUT2D eigenvalue weighted by atomic mass is 32.2. The van der Waals surface area contributed by atoms with Crippen molar-refractivity contribution >= 4 is 28.1 Å².